The molecule has 0 aliphatic heterocycles. The molecule has 0 radical (unpaired) electrons. The molecule has 3 rings (SSSR count). The van der Waals surface area contributed by atoms with E-state index in [0.717, 1.165) is 35.3 Å². The Kier molecular flexibility index (Phi) is 7.84. The zero-order chi connectivity index (χ0) is 22.1. The lowest BCUT2D eigenvalue weighted by Crippen LogP contribution is -2.30. The summed E-state index contributed by atoms with van der Waals surface area (Å²) >= 11 is 0. The van der Waals surface area contributed by atoms with E-state index in [9.17, 15) is 9.18 Å². The molecule has 0 aliphatic carbocycles. The standard InChI is InChI=1S/C27H26FNO2/c1-3-5-9-27(30)29(25-8-6-7-24(28)19-25)20-21-10-12-22(13-11-21)23-14-16-26(17-15-23)31-18-4-2/h2,6-8,10-17,19H,3,5,9,18,20H2,1H3. The minimum Gasteiger partial charge on any atom is -0.481 e. The van der Waals surface area contributed by atoms with Crippen LogP contribution in [0.15, 0.2) is 72.8 Å². The monoisotopic (exact) mass is 415 g/mol. The van der Waals surface area contributed by atoms with Gasteiger partial charge in [0, 0.05) is 12.1 Å². The Hall–Kier alpha value is -3.58. The number of unbranched alkanes of at least 4 members (excludes halogenated alkanes) is 1. The van der Waals surface area contributed by atoms with Gasteiger partial charge in [-0.25, -0.2) is 4.39 Å². The molecule has 0 heterocycles. The predicted octanol–water partition coefficient (Wildman–Crippen LogP) is 6.23. The fourth-order valence-electron chi connectivity index (χ4n) is 3.28. The first-order valence-electron chi connectivity index (χ1n) is 10.4. The van der Waals surface area contributed by atoms with Crippen LogP contribution < -0.4 is 9.64 Å². The van der Waals surface area contributed by atoms with Gasteiger partial charge in [0.2, 0.25) is 5.91 Å². The summed E-state index contributed by atoms with van der Waals surface area (Å²) in [6.07, 6.45) is 7.40. The highest BCUT2D eigenvalue weighted by Crippen LogP contribution is 2.25. The normalized spacial score (nSPS) is 10.4. The first kappa shape index (κ1) is 22.1. The molecule has 0 aromatic heterocycles. The second-order valence-corrected chi connectivity index (χ2v) is 7.28. The Balaban J connectivity index is 1.76. The van der Waals surface area contributed by atoms with Gasteiger partial charge in [-0.3, -0.25) is 4.79 Å². The van der Waals surface area contributed by atoms with Crippen molar-refractivity contribution >= 4 is 11.6 Å². The van der Waals surface area contributed by atoms with Crippen molar-refractivity contribution in [1.29, 1.82) is 0 Å². The third-order valence-corrected chi connectivity index (χ3v) is 4.97. The summed E-state index contributed by atoms with van der Waals surface area (Å²) in [4.78, 5) is 14.5. The maximum absolute atomic E-state index is 13.8. The number of carbonyl (C=O) groups is 1. The van der Waals surface area contributed by atoms with Crippen molar-refractivity contribution < 1.29 is 13.9 Å². The van der Waals surface area contributed by atoms with E-state index >= 15 is 0 Å². The summed E-state index contributed by atoms with van der Waals surface area (Å²) in [5, 5.41) is 0. The van der Waals surface area contributed by atoms with E-state index in [1.54, 1.807) is 17.0 Å². The Labute approximate surface area is 183 Å². The number of amides is 1. The van der Waals surface area contributed by atoms with Gasteiger partial charge in [-0.2, -0.15) is 0 Å². The smallest absolute Gasteiger partial charge is 0.227 e. The lowest BCUT2D eigenvalue weighted by atomic mass is 10.0. The van der Waals surface area contributed by atoms with E-state index in [0.29, 0.717) is 18.7 Å². The molecule has 4 heteroatoms. The van der Waals surface area contributed by atoms with Crippen molar-refractivity contribution in [2.24, 2.45) is 0 Å². The van der Waals surface area contributed by atoms with Gasteiger partial charge in [-0.05, 0) is 53.4 Å². The van der Waals surface area contributed by atoms with E-state index in [2.05, 4.69) is 5.92 Å². The van der Waals surface area contributed by atoms with Crippen molar-refractivity contribution in [1.82, 2.24) is 0 Å². The fraction of sp³-hybridized carbons (Fsp3) is 0.222. The molecule has 0 saturated heterocycles. The van der Waals surface area contributed by atoms with Crippen LogP contribution in [0.5, 0.6) is 5.75 Å². The average molecular weight is 416 g/mol. The molecule has 0 unspecified atom stereocenters. The molecule has 3 aromatic rings. The largest absolute Gasteiger partial charge is 0.481 e. The summed E-state index contributed by atoms with van der Waals surface area (Å²) < 4.78 is 19.2. The van der Waals surface area contributed by atoms with Crippen LogP contribution in [-0.4, -0.2) is 12.5 Å². The predicted molar refractivity (Wildman–Crippen MR) is 123 cm³/mol. The minimum atomic E-state index is -0.351. The molecule has 1 amide bonds. The van der Waals surface area contributed by atoms with Crippen LogP contribution in [-0.2, 0) is 11.3 Å². The second-order valence-electron chi connectivity index (χ2n) is 7.28. The quantitative estimate of drug-likeness (QED) is 0.388. The van der Waals surface area contributed by atoms with Crippen LogP contribution in [0, 0.1) is 18.2 Å². The topological polar surface area (TPSA) is 29.5 Å². The Morgan fingerprint density at radius 2 is 1.71 bits per heavy atom. The number of terminal acetylenes is 1. The van der Waals surface area contributed by atoms with Gasteiger partial charge in [-0.1, -0.05) is 61.7 Å². The van der Waals surface area contributed by atoms with Crippen molar-refractivity contribution in [2.75, 3.05) is 11.5 Å². The molecule has 0 atom stereocenters. The molecule has 0 aliphatic rings. The van der Waals surface area contributed by atoms with Crippen molar-refractivity contribution in [3.05, 3.63) is 84.2 Å². The Bertz CT molecular complexity index is 1040. The number of hydrogen-bond donors (Lipinski definition) is 0. The van der Waals surface area contributed by atoms with Gasteiger partial charge < -0.3 is 9.64 Å². The van der Waals surface area contributed by atoms with Crippen molar-refractivity contribution in [3.63, 3.8) is 0 Å². The molecule has 158 valence electrons. The van der Waals surface area contributed by atoms with Crippen LogP contribution in [0.3, 0.4) is 0 Å². The van der Waals surface area contributed by atoms with Crippen LogP contribution in [0.2, 0.25) is 0 Å². The molecule has 0 saturated carbocycles. The van der Waals surface area contributed by atoms with Gasteiger partial charge >= 0.3 is 0 Å². The van der Waals surface area contributed by atoms with Gasteiger partial charge in [0.05, 0.1) is 6.54 Å². The lowest BCUT2D eigenvalue weighted by molar-refractivity contribution is -0.118. The summed E-state index contributed by atoms with van der Waals surface area (Å²) in [6, 6.07) is 22.0. The van der Waals surface area contributed by atoms with E-state index in [-0.39, 0.29) is 18.3 Å². The van der Waals surface area contributed by atoms with Crippen molar-refractivity contribution in [3.8, 4) is 29.2 Å². The van der Waals surface area contributed by atoms with Crippen LogP contribution >= 0.6 is 0 Å². The third kappa shape index (κ3) is 6.20. The first-order chi connectivity index (χ1) is 15.1. The third-order valence-electron chi connectivity index (χ3n) is 4.97. The SMILES string of the molecule is C#CCOc1ccc(-c2ccc(CN(C(=O)CCCC)c3cccc(F)c3)cc2)cc1. The number of halogens is 1. The molecule has 0 spiro atoms. The Morgan fingerprint density at radius 1 is 1.03 bits per heavy atom. The van der Waals surface area contributed by atoms with E-state index < -0.39 is 0 Å². The van der Waals surface area contributed by atoms with Gasteiger partial charge in [0.1, 0.15) is 18.2 Å². The van der Waals surface area contributed by atoms with Gasteiger partial charge in [0.15, 0.2) is 0 Å². The molecular formula is C27H26FNO2. The number of carbonyl (C=O) groups excluding carboxylic acids is 1. The highest BCUT2D eigenvalue weighted by Gasteiger charge is 2.16. The number of nitrogens with zero attached hydrogens (tertiary/aromatic N) is 1. The molecule has 0 N–H and O–H groups in total. The van der Waals surface area contributed by atoms with E-state index in [1.165, 1.54) is 12.1 Å². The van der Waals surface area contributed by atoms with Gasteiger partial charge in [-0.15, -0.1) is 6.42 Å². The zero-order valence-corrected chi connectivity index (χ0v) is 17.7. The van der Waals surface area contributed by atoms with E-state index in [1.807, 2.05) is 55.5 Å². The second kappa shape index (κ2) is 11.0. The molecule has 3 aromatic carbocycles. The molecule has 3 nitrogen and oxygen atoms in total. The highest BCUT2D eigenvalue weighted by molar-refractivity contribution is 5.93. The maximum atomic E-state index is 13.8. The molecular weight excluding hydrogens is 389 g/mol. The molecule has 31 heavy (non-hydrogen) atoms. The Morgan fingerprint density at radius 3 is 2.32 bits per heavy atom. The summed E-state index contributed by atoms with van der Waals surface area (Å²) in [7, 11) is 0. The maximum Gasteiger partial charge on any atom is 0.227 e. The first-order valence-corrected chi connectivity index (χ1v) is 10.4. The summed E-state index contributed by atoms with van der Waals surface area (Å²) in [6.45, 7) is 2.68. The van der Waals surface area contributed by atoms with Crippen molar-refractivity contribution in [2.45, 2.75) is 32.7 Å². The minimum absolute atomic E-state index is 0.000848. The van der Waals surface area contributed by atoms with Crippen LogP contribution in [0.25, 0.3) is 11.1 Å². The van der Waals surface area contributed by atoms with Gasteiger partial charge in [0.25, 0.3) is 0 Å². The lowest BCUT2D eigenvalue weighted by Gasteiger charge is -2.23. The fourth-order valence-corrected chi connectivity index (χ4v) is 3.28. The average Bonchev–Trinajstić information content (AvgIpc) is 2.80. The number of rotatable bonds is 9. The van der Waals surface area contributed by atoms with Crippen LogP contribution in [0.1, 0.15) is 31.7 Å². The molecule has 0 fully saturated rings. The number of anilines is 1. The molecule has 0 bridgehead atoms. The number of hydrogen-bond acceptors (Lipinski definition) is 2. The number of ether oxygens (including phenoxy) is 1. The number of benzene rings is 3. The van der Waals surface area contributed by atoms with E-state index in [4.69, 9.17) is 11.2 Å². The summed E-state index contributed by atoms with van der Waals surface area (Å²) in [5.41, 5.74) is 3.67. The highest BCUT2D eigenvalue weighted by atomic mass is 19.1. The summed E-state index contributed by atoms with van der Waals surface area (Å²) in [5.74, 6) is 2.83. The zero-order valence-electron chi connectivity index (χ0n) is 17.7. The van der Waals surface area contributed by atoms with Crippen LogP contribution in [0.4, 0.5) is 10.1 Å².